The Bertz CT molecular complexity index is 606. The van der Waals surface area contributed by atoms with Crippen LogP contribution in [-0.2, 0) is 19.3 Å². The Hall–Kier alpha value is -1.11. The summed E-state index contributed by atoms with van der Waals surface area (Å²) < 4.78 is 0.840. The van der Waals surface area contributed by atoms with Gasteiger partial charge in [-0.1, -0.05) is 18.5 Å². The van der Waals surface area contributed by atoms with Crippen molar-refractivity contribution < 1.29 is 0 Å². The quantitative estimate of drug-likeness (QED) is 0.590. The van der Waals surface area contributed by atoms with Gasteiger partial charge in [0.2, 0.25) is 0 Å². The van der Waals surface area contributed by atoms with Crippen molar-refractivity contribution >= 4 is 40.2 Å². The third-order valence-electron chi connectivity index (χ3n) is 3.10. The molecule has 2 N–H and O–H groups in total. The molecule has 120 valence electrons. The van der Waals surface area contributed by atoms with Gasteiger partial charge in [0.15, 0.2) is 5.96 Å². The van der Waals surface area contributed by atoms with Gasteiger partial charge in [0, 0.05) is 42.5 Å². The fraction of sp³-hybridized carbons (Fsp3) is 0.467. The smallest absolute Gasteiger partial charge is 0.191 e. The molecule has 0 spiro atoms. The molecule has 22 heavy (non-hydrogen) atoms. The fourth-order valence-electron chi connectivity index (χ4n) is 1.93. The highest BCUT2D eigenvalue weighted by Gasteiger charge is 2.03. The molecule has 0 radical (unpaired) electrons. The Morgan fingerprint density at radius 3 is 2.55 bits per heavy atom. The lowest BCUT2D eigenvalue weighted by molar-refractivity contribution is 0.785. The van der Waals surface area contributed by atoms with E-state index in [0.29, 0.717) is 0 Å². The van der Waals surface area contributed by atoms with Crippen LogP contribution in [0.15, 0.2) is 23.3 Å². The number of thiazole rings is 1. The lowest BCUT2D eigenvalue weighted by Crippen LogP contribution is -2.39. The van der Waals surface area contributed by atoms with Crippen LogP contribution in [0.5, 0.6) is 0 Å². The first kappa shape index (κ1) is 17.2. The molecular formula is C15H21ClN4S2. The summed E-state index contributed by atoms with van der Waals surface area (Å²) in [7, 11) is 1.79. The van der Waals surface area contributed by atoms with Crippen LogP contribution < -0.4 is 10.6 Å². The van der Waals surface area contributed by atoms with E-state index in [9.17, 15) is 0 Å². The van der Waals surface area contributed by atoms with Crippen molar-refractivity contribution in [2.24, 2.45) is 4.99 Å². The highest BCUT2D eigenvalue weighted by atomic mass is 35.5. The van der Waals surface area contributed by atoms with Gasteiger partial charge in [0.1, 0.15) is 0 Å². The second-order valence-corrected chi connectivity index (χ2v) is 7.70. The number of aromatic nitrogens is 1. The number of halogens is 1. The van der Waals surface area contributed by atoms with E-state index in [2.05, 4.69) is 33.6 Å². The summed E-state index contributed by atoms with van der Waals surface area (Å²) in [6.45, 7) is 3.83. The highest BCUT2D eigenvalue weighted by Crippen LogP contribution is 2.21. The van der Waals surface area contributed by atoms with Gasteiger partial charge in [0.05, 0.1) is 9.34 Å². The molecule has 2 heterocycles. The van der Waals surface area contributed by atoms with Gasteiger partial charge < -0.3 is 10.6 Å². The van der Waals surface area contributed by atoms with Crippen LogP contribution in [0.1, 0.15) is 21.7 Å². The minimum absolute atomic E-state index is 0.829. The van der Waals surface area contributed by atoms with E-state index in [4.69, 9.17) is 11.6 Å². The predicted molar refractivity (Wildman–Crippen MR) is 97.6 cm³/mol. The number of thiophene rings is 1. The molecule has 0 bridgehead atoms. The summed E-state index contributed by atoms with van der Waals surface area (Å²) in [5.41, 5.74) is 0. The van der Waals surface area contributed by atoms with Gasteiger partial charge in [0.25, 0.3) is 0 Å². The number of aliphatic imine (C=N–C) groups is 1. The maximum atomic E-state index is 5.93. The lowest BCUT2D eigenvalue weighted by Gasteiger charge is -2.10. The Balaban J connectivity index is 1.66. The highest BCUT2D eigenvalue weighted by molar-refractivity contribution is 7.16. The summed E-state index contributed by atoms with van der Waals surface area (Å²) in [6.07, 6.45) is 4.90. The number of aryl methyl sites for hydroxylation is 1. The molecule has 2 aromatic rings. The van der Waals surface area contributed by atoms with Crippen LogP contribution in [0.3, 0.4) is 0 Å². The number of rotatable bonds is 7. The zero-order valence-electron chi connectivity index (χ0n) is 12.9. The largest absolute Gasteiger partial charge is 0.356 e. The Kier molecular flexibility index (Phi) is 7.15. The zero-order valence-corrected chi connectivity index (χ0v) is 15.2. The van der Waals surface area contributed by atoms with Crippen LogP contribution in [-0.4, -0.2) is 31.1 Å². The standard InChI is InChI=1S/C15H21ClN4S2/c1-3-11-10-20-14(22-11)7-9-19-15(17-2)18-8-6-12-4-5-13(16)21-12/h4-5,10H,3,6-9H2,1-2H3,(H2,17,18,19). The van der Waals surface area contributed by atoms with E-state index >= 15 is 0 Å². The average Bonchev–Trinajstić information content (AvgIpc) is 3.14. The van der Waals surface area contributed by atoms with Crippen LogP contribution >= 0.6 is 34.3 Å². The first-order valence-corrected chi connectivity index (χ1v) is 9.34. The zero-order chi connectivity index (χ0) is 15.8. The monoisotopic (exact) mass is 356 g/mol. The molecule has 0 atom stereocenters. The van der Waals surface area contributed by atoms with Gasteiger partial charge in [-0.15, -0.1) is 22.7 Å². The van der Waals surface area contributed by atoms with Crippen molar-refractivity contribution in [3.05, 3.63) is 37.4 Å². The second-order valence-electron chi connectivity index (χ2n) is 4.71. The van der Waals surface area contributed by atoms with Crippen molar-refractivity contribution in [1.82, 2.24) is 15.6 Å². The maximum absolute atomic E-state index is 5.93. The fourth-order valence-corrected chi connectivity index (χ4v) is 3.87. The molecule has 7 heteroatoms. The average molecular weight is 357 g/mol. The lowest BCUT2D eigenvalue weighted by atomic mass is 10.3. The van der Waals surface area contributed by atoms with Crippen LogP contribution in [0.2, 0.25) is 4.34 Å². The Labute approximate surface area is 144 Å². The molecule has 0 saturated heterocycles. The number of hydrogen-bond acceptors (Lipinski definition) is 4. The molecular weight excluding hydrogens is 336 g/mol. The molecule has 0 aliphatic rings. The van der Waals surface area contributed by atoms with E-state index in [1.165, 1.54) is 14.8 Å². The summed E-state index contributed by atoms with van der Waals surface area (Å²) in [5, 5.41) is 7.81. The van der Waals surface area contributed by atoms with Crippen LogP contribution in [0.4, 0.5) is 0 Å². The Morgan fingerprint density at radius 2 is 1.95 bits per heavy atom. The van der Waals surface area contributed by atoms with E-state index in [-0.39, 0.29) is 0 Å². The molecule has 0 aliphatic carbocycles. The van der Waals surface area contributed by atoms with Gasteiger partial charge >= 0.3 is 0 Å². The Morgan fingerprint density at radius 1 is 1.18 bits per heavy atom. The van der Waals surface area contributed by atoms with Crippen molar-refractivity contribution in [2.75, 3.05) is 20.1 Å². The molecule has 0 amide bonds. The third-order valence-corrected chi connectivity index (χ3v) is 5.59. The number of nitrogens with zero attached hydrogens (tertiary/aromatic N) is 2. The molecule has 2 aromatic heterocycles. The number of nitrogens with one attached hydrogen (secondary N) is 2. The molecule has 4 nitrogen and oxygen atoms in total. The molecule has 0 aromatic carbocycles. The third kappa shape index (κ3) is 5.59. The van der Waals surface area contributed by atoms with Crippen molar-refractivity contribution in [1.29, 1.82) is 0 Å². The van der Waals surface area contributed by atoms with Crippen molar-refractivity contribution in [3.8, 4) is 0 Å². The van der Waals surface area contributed by atoms with Crippen LogP contribution in [0, 0.1) is 0 Å². The number of guanidine groups is 1. The molecule has 0 saturated carbocycles. The molecule has 2 rings (SSSR count). The first-order chi connectivity index (χ1) is 10.7. The normalized spacial score (nSPS) is 11.7. The maximum Gasteiger partial charge on any atom is 0.191 e. The van der Waals surface area contributed by atoms with Gasteiger partial charge in [-0.25, -0.2) is 4.98 Å². The minimum atomic E-state index is 0.829. The molecule has 0 fully saturated rings. The SMILES string of the molecule is CCc1cnc(CCNC(=NC)NCCc2ccc(Cl)s2)s1. The van der Waals surface area contributed by atoms with Crippen LogP contribution in [0.25, 0.3) is 0 Å². The summed E-state index contributed by atoms with van der Waals surface area (Å²) in [6, 6.07) is 4.01. The van der Waals surface area contributed by atoms with Gasteiger partial charge in [-0.05, 0) is 25.0 Å². The van der Waals surface area contributed by atoms with Gasteiger partial charge in [-0.2, -0.15) is 0 Å². The van der Waals surface area contributed by atoms with Crippen molar-refractivity contribution in [3.63, 3.8) is 0 Å². The van der Waals surface area contributed by atoms with E-state index in [0.717, 1.165) is 42.6 Å². The topological polar surface area (TPSA) is 49.3 Å². The van der Waals surface area contributed by atoms with Crippen molar-refractivity contribution in [2.45, 2.75) is 26.2 Å². The predicted octanol–water partition coefficient (Wildman–Crippen LogP) is 3.37. The second kappa shape index (κ2) is 9.12. The van der Waals surface area contributed by atoms with E-state index in [1.807, 2.05) is 12.3 Å². The van der Waals surface area contributed by atoms with Gasteiger partial charge in [-0.3, -0.25) is 4.99 Å². The molecule has 0 unspecified atom stereocenters. The molecule has 0 aliphatic heterocycles. The van der Waals surface area contributed by atoms with E-state index < -0.39 is 0 Å². The minimum Gasteiger partial charge on any atom is -0.356 e. The summed E-state index contributed by atoms with van der Waals surface area (Å²) in [4.78, 5) is 11.3. The summed E-state index contributed by atoms with van der Waals surface area (Å²) in [5.74, 6) is 0.829. The first-order valence-electron chi connectivity index (χ1n) is 7.33. The number of hydrogen-bond donors (Lipinski definition) is 2. The van der Waals surface area contributed by atoms with E-state index in [1.54, 1.807) is 29.7 Å². The summed E-state index contributed by atoms with van der Waals surface area (Å²) >= 11 is 9.34.